The first-order valence-electron chi connectivity index (χ1n) is 6.63. The Balaban J connectivity index is 0.00000200. The van der Waals surface area contributed by atoms with Gasteiger partial charge in [0.1, 0.15) is 5.75 Å². The van der Waals surface area contributed by atoms with Crippen LogP contribution in [0.25, 0.3) is 0 Å². The molecule has 1 fully saturated rings. The molecule has 1 aromatic rings. The molecule has 1 saturated heterocycles. The Labute approximate surface area is 134 Å². The number of piperazine rings is 1. The number of rotatable bonds is 5. The lowest BCUT2D eigenvalue weighted by Crippen LogP contribution is -2.46. The number of para-hydroxylation sites is 1. The highest BCUT2D eigenvalue weighted by Crippen LogP contribution is 2.23. The maximum absolute atomic E-state index is 11.9. The van der Waals surface area contributed by atoms with Crippen molar-refractivity contribution in [1.29, 1.82) is 0 Å². The van der Waals surface area contributed by atoms with Crippen LogP contribution in [0.4, 0.5) is 0 Å². The number of amides is 1. The lowest BCUT2D eigenvalue weighted by Gasteiger charge is -2.27. The molecular formula is C14H20BrClN2O2. The van der Waals surface area contributed by atoms with Gasteiger partial charge >= 0.3 is 0 Å². The summed E-state index contributed by atoms with van der Waals surface area (Å²) >= 11 is 3.43. The Kier molecular flexibility index (Phi) is 7.95. The third-order valence-electron chi connectivity index (χ3n) is 3.10. The summed E-state index contributed by atoms with van der Waals surface area (Å²) in [5.41, 5.74) is 0. The Morgan fingerprint density at radius 1 is 1.30 bits per heavy atom. The summed E-state index contributed by atoms with van der Waals surface area (Å²) in [6, 6.07) is 7.75. The molecule has 1 amide bonds. The van der Waals surface area contributed by atoms with Crippen LogP contribution in [0.1, 0.15) is 12.8 Å². The van der Waals surface area contributed by atoms with Gasteiger partial charge in [0.25, 0.3) is 0 Å². The van der Waals surface area contributed by atoms with Gasteiger partial charge in [-0.05, 0) is 34.5 Å². The highest BCUT2D eigenvalue weighted by atomic mass is 79.9. The Hall–Kier alpha value is -0.780. The van der Waals surface area contributed by atoms with Crippen molar-refractivity contribution in [2.45, 2.75) is 12.8 Å². The number of hydrogen-bond acceptors (Lipinski definition) is 3. The van der Waals surface area contributed by atoms with Crippen molar-refractivity contribution in [2.75, 3.05) is 32.8 Å². The summed E-state index contributed by atoms with van der Waals surface area (Å²) in [6.45, 7) is 4.02. The minimum absolute atomic E-state index is 0. The molecule has 0 saturated carbocycles. The van der Waals surface area contributed by atoms with Crippen LogP contribution in [-0.4, -0.2) is 43.6 Å². The van der Waals surface area contributed by atoms with Gasteiger partial charge in [0.05, 0.1) is 11.1 Å². The summed E-state index contributed by atoms with van der Waals surface area (Å²) in [6.07, 6.45) is 1.31. The topological polar surface area (TPSA) is 41.6 Å². The second kappa shape index (κ2) is 9.21. The molecule has 0 atom stereocenters. The number of ether oxygens (including phenoxy) is 1. The van der Waals surface area contributed by atoms with Crippen LogP contribution in [-0.2, 0) is 4.79 Å². The van der Waals surface area contributed by atoms with Crippen LogP contribution in [0.3, 0.4) is 0 Å². The van der Waals surface area contributed by atoms with Gasteiger partial charge in [0.15, 0.2) is 0 Å². The van der Waals surface area contributed by atoms with E-state index in [1.807, 2.05) is 29.2 Å². The molecule has 2 rings (SSSR count). The van der Waals surface area contributed by atoms with Gasteiger partial charge in [0.2, 0.25) is 5.91 Å². The molecule has 1 aliphatic rings. The number of hydrogen-bond donors (Lipinski definition) is 1. The molecule has 1 N–H and O–H groups in total. The first kappa shape index (κ1) is 17.3. The van der Waals surface area contributed by atoms with E-state index in [2.05, 4.69) is 21.2 Å². The van der Waals surface area contributed by atoms with Gasteiger partial charge in [0, 0.05) is 32.6 Å². The summed E-state index contributed by atoms with van der Waals surface area (Å²) in [7, 11) is 0. The first-order chi connectivity index (χ1) is 9.27. The summed E-state index contributed by atoms with van der Waals surface area (Å²) in [5, 5.41) is 3.24. The average molecular weight is 364 g/mol. The van der Waals surface area contributed by atoms with E-state index in [1.54, 1.807) is 0 Å². The Bertz CT molecular complexity index is 425. The fraction of sp³-hybridized carbons (Fsp3) is 0.500. The van der Waals surface area contributed by atoms with Crippen molar-refractivity contribution < 1.29 is 9.53 Å². The monoisotopic (exact) mass is 362 g/mol. The summed E-state index contributed by atoms with van der Waals surface area (Å²) in [5.74, 6) is 1.06. The predicted octanol–water partition coefficient (Wildman–Crippen LogP) is 2.46. The Morgan fingerprint density at radius 2 is 2.00 bits per heavy atom. The fourth-order valence-electron chi connectivity index (χ4n) is 2.04. The summed E-state index contributed by atoms with van der Waals surface area (Å²) < 4.78 is 6.59. The molecular weight excluding hydrogens is 344 g/mol. The second-order valence-corrected chi connectivity index (χ2v) is 5.37. The highest BCUT2D eigenvalue weighted by Gasteiger charge is 2.15. The molecule has 0 aliphatic carbocycles. The van der Waals surface area contributed by atoms with Crippen LogP contribution in [0.15, 0.2) is 28.7 Å². The zero-order valence-electron chi connectivity index (χ0n) is 11.3. The number of carbonyl (C=O) groups excluding carboxylic acids is 1. The molecule has 20 heavy (non-hydrogen) atoms. The maximum Gasteiger partial charge on any atom is 0.222 e. The molecule has 0 aromatic heterocycles. The minimum Gasteiger partial charge on any atom is -0.492 e. The lowest BCUT2D eigenvalue weighted by atomic mass is 10.2. The molecule has 0 radical (unpaired) electrons. The third-order valence-corrected chi connectivity index (χ3v) is 3.75. The van der Waals surface area contributed by atoms with Crippen molar-refractivity contribution in [3.05, 3.63) is 28.7 Å². The number of carbonyl (C=O) groups is 1. The van der Waals surface area contributed by atoms with Crippen molar-refractivity contribution in [3.8, 4) is 5.75 Å². The zero-order chi connectivity index (χ0) is 13.5. The first-order valence-corrected chi connectivity index (χ1v) is 7.42. The molecule has 1 aromatic carbocycles. The van der Waals surface area contributed by atoms with E-state index in [-0.39, 0.29) is 18.3 Å². The third kappa shape index (κ3) is 5.31. The lowest BCUT2D eigenvalue weighted by molar-refractivity contribution is -0.132. The second-order valence-electron chi connectivity index (χ2n) is 4.51. The van der Waals surface area contributed by atoms with Gasteiger partial charge in [-0.3, -0.25) is 4.79 Å². The van der Waals surface area contributed by atoms with Crippen molar-refractivity contribution >= 4 is 34.2 Å². The largest absolute Gasteiger partial charge is 0.492 e. The van der Waals surface area contributed by atoms with E-state index >= 15 is 0 Å². The minimum atomic E-state index is 0. The Morgan fingerprint density at radius 3 is 2.70 bits per heavy atom. The number of halogens is 2. The van der Waals surface area contributed by atoms with Gasteiger partial charge in [-0.1, -0.05) is 12.1 Å². The standard InChI is InChI=1S/C14H19BrN2O2.ClH/c15-12-4-1-2-5-13(12)19-11-3-6-14(18)17-9-7-16-8-10-17;/h1-2,4-5,16H,3,6-11H2;1H. The molecule has 1 heterocycles. The molecule has 1 aliphatic heterocycles. The smallest absolute Gasteiger partial charge is 0.222 e. The van der Waals surface area contributed by atoms with Gasteiger partial charge in [-0.15, -0.1) is 12.4 Å². The maximum atomic E-state index is 11.9. The van der Waals surface area contributed by atoms with Gasteiger partial charge in [-0.2, -0.15) is 0 Å². The van der Waals surface area contributed by atoms with E-state index < -0.39 is 0 Å². The van der Waals surface area contributed by atoms with E-state index in [9.17, 15) is 4.79 Å². The molecule has 112 valence electrons. The van der Waals surface area contributed by atoms with Crippen LogP contribution in [0, 0.1) is 0 Å². The van der Waals surface area contributed by atoms with E-state index in [4.69, 9.17) is 4.74 Å². The molecule has 0 spiro atoms. The normalized spacial score (nSPS) is 14.6. The van der Waals surface area contributed by atoms with Crippen LogP contribution >= 0.6 is 28.3 Å². The van der Waals surface area contributed by atoms with Crippen molar-refractivity contribution in [3.63, 3.8) is 0 Å². The van der Waals surface area contributed by atoms with Crippen LogP contribution in [0.2, 0.25) is 0 Å². The van der Waals surface area contributed by atoms with Gasteiger partial charge in [-0.25, -0.2) is 0 Å². The fourth-order valence-corrected chi connectivity index (χ4v) is 2.44. The zero-order valence-corrected chi connectivity index (χ0v) is 13.7. The van der Waals surface area contributed by atoms with Crippen molar-refractivity contribution in [1.82, 2.24) is 10.2 Å². The molecule has 6 heteroatoms. The number of nitrogens with zero attached hydrogens (tertiary/aromatic N) is 1. The average Bonchev–Trinajstić information content (AvgIpc) is 2.46. The van der Waals surface area contributed by atoms with Crippen LogP contribution < -0.4 is 10.1 Å². The highest BCUT2D eigenvalue weighted by molar-refractivity contribution is 9.10. The molecule has 0 bridgehead atoms. The summed E-state index contributed by atoms with van der Waals surface area (Å²) in [4.78, 5) is 13.8. The van der Waals surface area contributed by atoms with E-state index in [0.29, 0.717) is 13.0 Å². The SMILES string of the molecule is Cl.O=C(CCCOc1ccccc1Br)N1CCNCC1. The van der Waals surface area contributed by atoms with Crippen LogP contribution in [0.5, 0.6) is 5.75 Å². The van der Waals surface area contributed by atoms with E-state index in [0.717, 1.165) is 42.8 Å². The molecule has 4 nitrogen and oxygen atoms in total. The van der Waals surface area contributed by atoms with Gasteiger partial charge < -0.3 is 15.0 Å². The molecule has 0 unspecified atom stereocenters. The predicted molar refractivity (Wildman–Crippen MR) is 85.6 cm³/mol. The van der Waals surface area contributed by atoms with E-state index in [1.165, 1.54) is 0 Å². The van der Waals surface area contributed by atoms with Crippen molar-refractivity contribution in [2.24, 2.45) is 0 Å². The number of benzene rings is 1. The quantitative estimate of drug-likeness (QED) is 0.817. The number of nitrogens with one attached hydrogen (secondary N) is 1.